The largest absolute Gasteiger partial charge is 0.206 e. The lowest BCUT2D eigenvalue weighted by Gasteiger charge is -2.44. The molecule has 0 aromatic heterocycles. The maximum atomic E-state index is 14.1. The van der Waals surface area contributed by atoms with E-state index < -0.39 is 11.2 Å². The van der Waals surface area contributed by atoms with E-state index in [1.807, 2.05) is 0 Å². The highest BCUT2D eigenvalue weighted by Crippen LogP contribution is 2.59. The number of nitrogens with zero attached hydrogens (tertiary/aromatic N) is 2. The van der Waals surface area contributed by atoms with Crippen LogP contribution in [0.5, 0.6) is 0 Å². The van der Waals surface area contributed by atoms with Crippen LogP contribution in [-0.2, 0) is 0 Å². The molecule has 5 heteroatoms. The van der Waals surface area contributed by atoms with Crippen molar-refractivity contribution in [1.29, 1.82) is 0 Å². The van der Waals surface area contributed by atoms with Crippen molar-refractivity contribution in [2.24, 2.45) is 0 Å². The van der Waals surface area contributed by atoms with Gasteiger partial charge in [-0.15, -0.1) is 7.77 Å². The Balaban J connectivity index is 1.96. The van der Waals surface area contributed by atoms with Gasteiger partial charge in [0.2, 0.25) is 0 Å². The quantitative estimate of drug-likeness (QED) is 0.728. The van der Waals surface area contributed by atoms with Gasteiger partial charge in [0.05, 0.1) is 0 Å². The molecule has 2 fully saturated rings. The number of halogens is 2. The van der Waals surface area contributed by atoms with Crippen LogP contribution in [0.15, 0.2) is 0 Å². The van der Waals surface area contributed by atoms with E-state index in [-0.39, 0.29) is 0 Å². The maximum Gasteiger partial charge on any atom is 0.185 e. The van der Waals surface area contributed by atoms with Crippen LogP contribution in [0.2, 0.25) is 0 Å². The van der Waals surface area contributed by atoms with Crippen LogP contribution in [0.4, 0.5) is 7.77 Å². The summed E-state index contributed by atoms with van der Waals surface area (Å²) in [6, 6.07) is 0. The van der Waals surface area contributed by atoms with E-state index in [9.17, 15) is 7.77 Å². The molecule has 0 spiro atoms. The Hall–Kier alpha value is 0.130. The van der Waals surface area contributed by atoms with E-state index >= 15 is 0 Å². The smallest absolute Gasteiger partial charge is 0.185 e. The molecule has 0 atom stereocenters. The molecular formula is C10H20F2N2S. The Morgan fingerprint density at radius 3 is 1.27 bits per heavy atom. The van der Waals surface area contributed by atoms with Crippen LogP contribution in [0.25, 0.3) is 0 Å². The van der Waals surface area contributed by atoms with E-state index in [1.165, 1.54) is 8.61 Å². The topological polar surface area (TPSA) is 6.48 Å². The fraction of sp³-hybridized carbons (Fsp3) is 1.00. The monoisotopic (exact) mass is 238 g/mol. The number of hydrogen-bond donors (Lipinski definition) is 0. The van der Waals surface area contributed by atoms with Gasteiger partial charge in [-0.1, -0.05) is 12.8 Å². The van der Waals surface area contributed by atoms with Gasteiger partial charge in [-0.3, -0.25) is 0 Å². The van der Waals surface area contributed by atoms with E-state index in [0.717, 1.165) is 38.5 Å². The average molecular weight is 238 g/mol. The molecule has 2 nitrogen and oxygen atoms in total. The van der Waals surface area contributed by atoms with Crippen molar-refractivity contribution in [3.63, 3.8) is 0 Å². The standard InChI is InChI=1S/C10H20F2N2S/c11-15(12,13-7-3-1-4-8-13)14-9-5-2-6-10-14/h1-10H2. The molecule has 0 aliphatic carbocycles. The van der Waals surface area contributed by atoms with Gasteiger partial charge >= 0.3 is 0 Å². The minimum Gasteiger partial charge on any atom is -0.206 e. The molecule has 0 N–H and O–H groups in total. The zero-order valence-electron chi connectivity index (χ0n) is 9.13. The van der Waals surface area contributed by atoms with Crippen LogP contribution >= 0.6 is 11.2 Å². The molecule has 2 aliphatic rings. The van der Waals surface area contributed by atoms with E-state index in [4.69, 9.17) is 0 Å². The molecule has 0 bridgehead atoms. The Labute approximate surface area is 92.8 Å². The van der Waals surface area contributed by atoms with Gasteiger partial charge in [0, 0.05) is 26.2 Å². The summed E-state index contributed by atoms with van der Waals surface area (Å²) in [4.78, 5) is 0. The first kappa shape index (κ1) is 11.6. The lowest BCUT2D eigenvalue weighted by atomic mass is 10.2. The van der Waals surface area contributed by atoms with Crippen molar-refractivity contribution >= 4 is 11.2 Å². The van der Waals surface area contributed by atoms with Gasteiger partial charge in [0.25, 0.3) is 0 Å². The van der Waals surface area contributed by atoms with Gasteiger partial charge in [0.15, 0.2) is 11.2 Å². The van der Waals surface area contributed by atoms with E-state index in [1.54, 1.807) is 0 Å². The molecule has 2 saturated heterocycles. The zero-order chi connectivity index (χ0) is 10.7. The highest BCUT2D eigenvalue weighted by molar-refractivity contribution is 8.21. The summed E-state index contributed by atoms with van der Waals surface area (Å²) in [7, 11) is 0. The third-order valence-electron chi connectivity index (χ3n) is 3.25. The van der Waals surface area contributed by atoms with Crippen molar-refractivity contribution in [2.45, 2.75) is 38.5 Å². The van der Waals surface area contributed by atoms with Gasteiger partial charge < -0.3 is 0 Å². The molecular weight excluding hydrogens is 218 g/mol. The van der Waals surface area contributed by atoms with Gasteiger partial charge in [-0.05, 0) is 25.7 Å². The molecule has 0 aromatic carbocycles. The van der Waals surface area contributed by atoms with E-state index in [0.29, 0.717) is 26.2 Å². The first-order valence-electron chi connectivity index (χ1n) is 5.94. The second-order valence-electron chi connectivity index (χ2n) is 4.40. The fourth-order valence-electron chi connectivity index (χ4n) is 2.33. The summed E-state index contributed by atoms with van der Waals surface area (Å²) in [5.74, 6) is 0. The highest BCUT2D eigenvalue weighted by Gasteiger charge is 2.39. The molecule has 2 aliphatic heterocycles. The van der Waals surface area contributed by atoms with Gasteiger partial charge in [-0.25, -0.2) is 8.61 Å². The lowest BCUT2D eigenvalue weighted by molar-refractivity contribution is 0.276. The molecule has 15 heavy (non-hydrogen) atoms. The summed E-state index contributed by atoms with van der Waals surface area (Å²) in [5, 5.41) is 0. The second-order valence-corrected chi connectivity index (χ2v) is 6.26. The first-order valence-corrected chi connectivity index (χ1v) is 7.29. The van der Waals surface area contributed by atoms with Crippen molar-refractivity contribution in [1.82, 2.24) is 8.61 Å². The van der Waals surface area contributed by atoms with Crippen LogP contribution in [0.3, 0.4) is 0 Å². The summed E-state index contributed by atoms with van der Waals surface area (Å²) in [5.41, 5.74) is 0. The number of piperidine rings is 2. The van der Waals surface area contributed by atoms with Crippen molar-refractivity contribution in [3.8, 4) is 0 Å². The van der Waals surface area contributed by atoms with Gasteiger partial charge in [0.1, 0.15) is 0 Å². The SMILES string of the molecule is FS(F)(N1CCCCC1)N1CCCCC1. The molecule has 0 aromatic rings. The highest BCUT2D eigenvalue weighted by atomic mass is 32.3. The molecule has 2 rings (SSSR count). The minimum atomic E-state index is -3.62. The zero-order valence-corrected chi connectivity index (χ0v) is 9.95. The normalized spacial score (nSPS) is 27.9. The van der Waals surface area contributed by atoms with Crippen molar-refractivity contribution < 1.29 is 7.77 Å². The van der Waals surface area contributed by atoms with Crippen LogP contribution in [0.1, 0.15) is 38.5 Å². The third kappa shape index (κ3) is 2.63. The molecule has 0 amide bonds. The molecule has 0 unspecified atom stereocenters. The van der Waals surface area contributed by atoms with E-state index in [2.05, 4.69) is 0 Å². The minimum absolute atomic E-state index is 0.596. The predicted octanol–water partition coefficient (Wildman–Crippen LogP) is 3.36. The Morgan fingerprint density at radius 1 is 0.600 bits per heavy atom. The summed E-state index contributed by atoms with van der Waals surface area (Å²) in [6.45, 7) is 2.38. The number of rotatable bonds is 2. The second kappa shape index (κ2) is 4.97. The van der Waals surface area contributed by atoms with Crippen LogP contribution in [0, 0.1) is 0 Å². The third-order valence-corrected chi connectivity index (χ3v) is 5.22. The van der Waals surface area contributed by atoms with Crippen molar-refractivity contribution in [3.05, 3.63) is 0 Å². The molecule has 90 valence electrons. The first-order chi connectivity index (χ1) is 7.21. The maximum absolute atomic E-state index is 14.1. The molecule has 0 saturated carbocycles. The summed E-state index contributed by atoms with van der Waals surface area (Å²) < 4.78 is 31.2. The van der Waals surface area contributed by atoms with Crippen LogP contribution in [-0.4, -0.2) is 34.8 Å². The Kier molecular flexibility index (Phi) is 3.85. The fourth-order valence-corrected chi connectivity index (χ4v) is 4.05. The Morgan fingerprint density at radius 2 is 0.933 bits per heavy atom. The average Bonchev–Trinajstić information content (AvgIpc) is 2.31. The predicted molar refractivity (Wildman–Crippen MR) is 60.7 cm³/mol. The van der Waals surface area contributed by atoms with Gasteiger partial charge in [-0.2, -0.15) is 0 Å². The summed E-state index contributed by atoms with van der Waals surface area (Å²) in [6.07, 6.45) is 6.00. The molecule has 0 radical (unpaired) electrons. The number of hydrogen-bond acceptors (Lipinski definition) is 2. The summed E-state index contributed by atoms with van der Waals surface area (Å²) >= 11 is -3.62. The van der Waals surface area contributed by atoms with Crippen LogP contribution < -0.4 is 0 Å². The lowest BCUT2D eigenvalue weighted by Crippen LogP contribution is -2.40. The Bertz CT molecular complexity index is 182. The van der Waals surface area contributed by atoms with Crippen molar-refractivity contribution in [2.75, 3.05) is 26.2 Å². The molecule has 2 heterocycles.